The lowest BCUT2D eigenvalue weighted by molar-refractivity contribution is -0.161. The lowest BCUT2D eigenvalue weighted by Gasteiger charge is -2.32. The van der Waals surface area contributed by atoms with Crippen molar-refractivity contribution >= 4 is 11.9 Å². The summed E-state index contributed by atoms with van der Waals surface area (Å²) < 4.78 is 10.8. The van der Waals surface area contributed by atoms with Gasteiger partial charge in [0.05, 0.1) is 13.2 Å². The Bertz CT molecular complexity index is 590. The highest BCUT2D eigenvalue weighted by atomic mass is 16.5. The summed E-state index contributed by atoms with van der Waals surface area (Å²) in [5.41, 5.74) is 1.24. The van der Waals surface area contributed by atoms with Crippen LogP contribution in [0, 0.1) is 0 Å². The standard InChI is InChI=1S/C18H25NO5/c1-12(16(20)19-9-10-23-15(11-19)17(21)22)24-14-7-5-13(6-8-14)18(2,3)4/h5-8,12,15H,9-11H2,1-4H3,(H,21,22). The highest BCUT2D eigenvalue weighted by Gasteiger charge is 2.31. The van der Waals surface area contributed by atoms with Gasteiger partial charge in [-0.1, -0.05) is 32.9 Å². The largest absolute Gasteiger partial charge is 0.481 e. The number of ether oxygens (including phenoxy) is 2. The molecule has 0 radical (unpaired) electrons. The molecule has 0 bridgehead atoms. The molecule has 0 spiro atoms. The van der Waals surface area contributed by atoms with Crippen molar-refractivity contribution in [2.45, 2.75) is 45.3 Å². The highest BCUT2D eigenvalue weighted by molar-refractivity contribution is 5.82. The number of hydrogen-bond donors (Lipinski definition) is 1. The van der Waals surface area contributed by atoms with Gasteiger partial charge in [-0.15, -0.1) is 0 Å². The van der Waals surface area contributed by atoms with Crippen LogP contribution in [-0.4, -0.2) is 53.8 Å². The smallest absolute Gasteiger partial charge is 0.334 e. The van der Waals surface area contributed by atoms with Crippen molar-refractivity contribution in [3.63, 3.8) is 0 Å². The van der Waals surface area contributed by atoms with Gasteiger partial charge in [0.2, 0.25) is 0 Å². The minimum Gasteiger partial charge on any atom is -0.481 e. The van der Waals surface area contributed by atoms with E-state index in [1.165, 1.54) is 10.5 Å². The quantitative estimate of drug-likeness (QED) is 0.911. The van der Waals surface area contributed by atoms with E-state index in [4.69, 9.17) is 14.6 Å². The van der Waals surface area contributed by atoms with E-state index in [1.54, 1.807) is 6.92 Å². The molecule has 2 rings (SSSR count). The van der Waals surface area contributed by atoms with Gasteiger partial charge in [-0.3, -0.25) is 4.79 Å². The van der Waals surface area contributed by atoms with Crippen molar-refractivity contribution in [1.29, 1.82) is 0 Å². The summed E-state index contributed by atoms with van der Waals surface area (Å²) >= 11 is 0. The Morgan fingerprint density at radius 3 is 2.46 bits per heavy atom. The van der Waals surface area contributed by atoms with Crippen LogP contribution in [0.4, 0.5) is 0 Å². The predicted molar refractivity (Wildman–Crippen MR) is 89.2 cm³/mol. The second kappa shape index (κ2) is 7.21. The normalized spacial score (nSPS) is 19.7. The molecule has 0 saturated carbocycles. The van der Waals surface area contributed by atoms with Gasteiger partial charge in [-0.25, -0.2) is 4.79 Å². The van der Waals surface area contributed by atoms with Gasteiger partial charge in [0.1, 0.15) is 5.75 Å². The van der Waals surface area contributed by atoms with Crippen LogP contribution in [0.3, 0.4) is 0 Å². The molecule has 1 fully saturated rings. The molecule has 1 saturated heterocycles. The lowest BCUT2D eigenvalue weighted by Crippen LogP contribution is -2.51. The van der Waals surface area contributed by atoms with Gasteiger partial charge in [0, 0.05) is 6.54 Å². The fourth-order valence-corrected chi connectivity index (χ4v) is 2.54. The van der Waals surface area contributed by atoms with Gasteiger partial charge < -0.3 is 19.5 Å². The molecule has 1 aliphatic rings. The maximum absolute atomic E-state index is 12.4. The topological polar surface area (TPSA) is 76.1 Å². The minimum atomic E-state index is -1.06. The summed E-state index contributed by atoms with van der Waals surface area (Å²) in [7, 11) is 0. The molecule has 1 heterocycles. The van der Waals surface area contributed by atoms with E-state index in [2.05, 4.69) is 20.8 Å². The van der Waals surface area contributed by atoms with E-state index in [0.29, 0.717) is 12.3 Å². The Morgan fingerprint density at radius 2 is 1.92 bits per heavy atom. The fraction of sp³-hybridized carbons (Fsp3) is 0.556. The van der Waals surface area contributed by atoms with Crippen molar-refractivity contribution in [2.75, 3.05) is 19.7 Å². The van der Waals surface area contributed by atoms with Crippen molar-refractivity contribution in [3.05, 3.63) is 29.8 Å². The lowest BCUT2D eigenvalue weighted by atomic mass is 9.87. The number of amides is 1. The molecule has 6 nitrogen and oxygen atoms in total. The second-order valence-corrected chi connectivity index (χ2v) is 7.02. The summed E-state index contributed by atoms with van der Waals surface area (Å²) in [6.45, 7) is 8.70. The monoisotopic (exact) mass is 335 g/mol. The summed E-state index contributed by atoms with van der Waals surface area (Å²) in [5, 5.41) is 9.01. The number of benzene rings is 1. The van der Waals surface area contributed by atoms with Gasteiger partial charge in [0.25, 0.3) is 5.91 Å². The number of hydrogen-bond acceptors (Lipinski definition) is 4. The molecular weight excluding hydrogens is 310 g/mol. The maximum atomic E-state index is 12.4. The number of nitrogens with zero attached hydrogens (tertiary/aromatic N) is 1. The van der Waals surface area contributed by atoms with Crippen LogP contribution >= 0.6 is 0 Å². The molecule has 1 aliphatic heterocycles. The number of rotatable bonds is 4. The Kier molecular flexibility index (Phi) is 5.49. The van der Waals surface area contributed by atoms with Gasteiger partial charge in [0.15, 0.2) is 12.2 Å². The molecule has 2 atom stereocenters. The molecular formula is C18H25NO5. The van der Waals surface area contributed by atoms with Crippen LogP contribution < -0.4 is 4.74 Å². The maximum Gasteiger partial charge on any atom is 0.334 e. The second-order valence-electron chi connectivity index (χ2n) is 7.02. The van der Waals surface area contributed by atoms with Crippen molar-refractivity contribution in [3.8, 4) is 5.75 Å². The van der Waals surface area contributed by atoms with Crippen LogP contribution in [-0.2, 0) is 19.7 Å². The van der Waals surface area contributed by atoms with Gasteiger partial charge >= 0.3 is 5.97 Å². The average Bonchev–Trinajstić information content (AvgIpc) is 2.53. The number of carbonyl (C=O) groups excluding carboxylic acids is 1. The van der Waals surface area contributed by atoms with E-state index in [1.807, 2.05) is 24.3 Å². The minimum absolute atomic E-state index is 0.0465. The van der Waals surface area contributed by atoms with E-state index in [-0.39, 0.29) is 24.5 Å². The zero-order valence-corrected chi connectivity index (χ0v) is 14.6. The highest BCUT2D eigenvalue weighted by Crippen LogP contribution is 2.24. The SMILES string of the molecule is CC(Oc1ccc(C(C)(C)C)cc1)C(=O)N1CCOC(C(=O)O)C1. The fourth-order valence-electron chi connectivity index (χ4n) is 2.54. The van der Waals surface area contributed by atoms with Crippen LogP contribution in [0.2, 0.25) is 0 Å². The van der Waals surface area contributed by atoms with Gasteiger partial charge in [-0.2, -0.15) is 0 Å². The molecule has 2 unspecified atom stereocenters. The molecule has 1 N–H and O–H groups in total. The number of aliphatic carboxylic acids is 1. The van der Waals surface area contributed by atoms with Crippen molar-refractivity contribution in [1.82, 2.24) is 4.90 Å². The number of morpholine rings is 1. The summed E-state index contributed by atoms with van der Waals surface area (Å²) in [6, 6.07) is 7.68. The Hall–Kier alpha value is -2.08. The predicted octanol–water partition coefficient (Wildman–Crippen LogP) is 2.06. The first-order chi connectivity index (χ1) is 11.2. The van der Waals surface area contributed by atoms with E-state index < -0.39 is 18.2 Å². The average molecular weight is 335 g/mol. The Morgan fingerprint density at radius 1 is 1.29 bits per heavy atom. The zero-order chi connectivity index (χ0) is 17.9. The molecule has 0 aromatic heterocycles. The first kappa shape index (κ1) is 18.3. The Balaban J connectivity index is 1.97. The first-order valence-electron chi connectivity index (χ1n) is 8.09. The molecule has 24 heavy (non-hydrogen) atoms. The van der Waals surface area contributed by atoms with Gasteiger partial charge in [-0.05, 0) is 30.0 Å². The van der Waals surface area contributed by atoms with Crippen molar-refractivity contribution in [2.24, 2.45) is 0 Å². The third kappa shape index (κ3) is 4.47. The van der Waals surface area contributed by atoms with Crippen LogP contribution in [0.1, 0.15) is 33.3 Å². The van der Waals surface area contributed by atoms with E-state index in [9.17, 15) is 9.59 Å². The molecule has 132 valence electrons. The van der Waals surface area contributed by atoms with E-state index >= 15 is 0 Å². The summed E-state index contributed by atoms with van der Waals surface area (Å²) in [4.78, 5) is 24.9. The zero-order valence-electron chi connectivity index (χ0n) is 14.6. The van der Waals surface area contributed by atoms with Crippen LogP contribution in [0.5, 0.6) is 5.75 Å². The van der Waals surface area contributed by atoms with Crippen LogP contribution in [0.25, 0.3) is 0 Å². The molecule has 6 heteroatoms. The molecule has 1 amide bonds. The number of carbonyl (C=O) groups is 2. The third-order valence-corrected chi connectivity index (χ3v) is 4.03. The molecule has 1 aromatic rings. The molecule has 1 aromatic carbocycles. The summed E-state index contributed by atoms with van der Waals surface area (Å²) in [5.74, 6) is -0.671. The number of carboxylic acids is 1. The van der Waals surface area contributed by atoms with Crippen LogP contribution in [0.15, 0.2) is 24.3 Å². The molecule has 0 aliphatic carbocycles. The third-order valence-electron chi connectivity index (χ3n) is 4.03. The van der Waals surface area contributed by atoms with E-state index in [0.717, 1.165) is 0 Å². The summed E-state index contributed by atoms with van der Waals surface area (Å²) in [6.07, 6.45) is -1.65. The van der Waals surface area contributed by atoms with Crippen molar-refractivity contribution < 1.29 is 24.2 Å². The first-order valence-corrected chi connectivity index (χ1v) is 8.09. The Labute approximate surface area is 142 Å². The number of carboxylic acid groups (broad SMARTS) is 1.